The van der Waals surface area contributed by atoms with E-state index in [1.165, 1.54) is 6.33 Å². The van der Waals surface area contributed by atoms with Gasteiger partial charge in [0.25, 0.3) is 0 Å². The molecular weight excluding hydrogens is 254 g/mol. The summed E-state index contributed by atoms with van der Waals surface area (Å²) in [5.74, 6) is 0. The molecule has 17 heavy (non-hydrogen) atoms. The highest BCUT2D eigenvalue weighted by atomic mass is 35.5. The number of thiophene rings is 1. The van der Waals surface area contributed by atoms with Crippen LogP contribution in [0, 0.1) is 6.92 Å². The van der Waals surface area contributed by atoms with Gasteiger partial charge in [-0.25, -0.2) is 9.97 Å². The van der Waals surface area contributed by atoms with E-state index in [9.17, 15) is 0 Å². The van der Waals surface area contributed by atoms with E-state index in [-0.39, 0.29) is 0 Å². The number of hydrogen-bond donors (Lipinski definition) is 0. The first-order valence-electron chi connectivity index (χ1n) is 5.08. The fraction of sp³-hybridized carbons (Fsp3) is 0.0833. The van der Waals surface area contributed by atoms with Crippen LogP contribution in [0.3, 0.4) is 0 Å². The van der Waals surface area contributed by atoms with Gasteiger partial charge in [0.1, 0.15) is 11.5 Å². The zero-order chi connectivity index (χ0) is 11.8. The molecule has 3 nitrogen and oxygen atoms in total. The van der Waals surface area contributed by atoms with Gasteiger partial charge in [-0.1, -0.05) is 17.7 Å². The maximum absolute atomic E-state index is 6.07. The lowest BCUT2D eigenvalue weighted by molar-refractivity contribution is 1.23. The summed E-state index contributed by atoms with van der Waals surface area (Å²) in [7, 11) is 0. The van der Waals surface area contributed by atoms with Gasteiger partial charge < -0.3 is 0 Å². The van der Waals surface area contributed by atoms with Crippen molar-refractivity contribution >= 4 is 33.2 Å². The molecule has 0 N–H and O–H groups in total. The molecule has 3 rings (SSSR count). The second kappa shape index (κ2) is 4.05. The van der Waals surface area contributed by atoms with Gasteiger partial charge in [0.05, 0.1) is 15.9 Å². The molecule has 5 heteroatoms. The summed E-state index contributed by atoms with van der Waals surface area (Å²) in [4.78, 5) is 13.8. The lowest BCUT2D eigenvalue weighted by Crippen LogP contribution is -1.85. The second-order valence-electron chi connectivity index (χ2n) is 3.59. The van der Waals surface area contributed by atoms with E-state index in [2.05, 4.69) is 15.0 Å². The third-order valence-corrected chi connectivity index (χ3v) is 4.03. The van der Waals surface area contributed by atoms with Gasteiger partial charge in [-0.3, -0.25) is 4.98 Å². The van der Waals surface area contributed by atoms with Gasteiger partial charge in [-0.15, -0.1) is 11.3 Å². The SMILES string of the molecule is Cc1sc2c(Cl)ncnc2c1-c1ccccn1. The Morgan fingerprint density at radius 3 is 2.82 bits per heavy atom. The lowest BCUT2D eigenvalue weighted by Gasteiger charge is -1.99. The number of aryl methyl sites for hydroxylation is 1. The first-order chi connectivity index (χ1) is 8.27. The van der Waals surface area contributed by atoms with Crippen LogP contribution in [0.2, 0.25) is 5.15 Å². The Labute approximate surface area is 107 Å². The van der Waals surface area contributed by atoms with Crippen molar-refractivity contribution in [3.63, 3.8) is 0 Å². The molecule has 3 aromatic heterocycles. The van der Waals surface area contributed by atoms with Crippen LogP contribution in [0.15, 0.2) is 30.7 Å². The number of pyridine rings is 1. The Morgan fingerprint density at radius 2 is 2.06 bits per heavy atom. The first-order valence-corrected chi connectivity index (χ1v) is 6.28. The Kier molecular flexibility index (Phi) is 2.53. The molecule has 0 spiro atoms. The Balaban J connectivity index is 2.37. The van der Waals surface area contributed by atoms with Gasteiger partial charge in [-0.05, 0) is 19.1 Å². The van der Waals surface area contributed by atoms with Crippen molar-refractivity contribution in [1.82, 2.24) is 15.0 Å². The lowest BCUT2D eigenvalue weighted by atomic mass is 10.1. The van der Waals surface area contributed by atoms with E-state index in [1.807, 2.05) is 25.1 Å². The average molecular weight is 262 g/mol. The summed E-state index contributed by atoms with van der Waals surface area (Å²) in [5.41, 5.74) is 2.85. The summed E-state index contributed by atoms with van der Waals surface area (Å²) in [5, 5.41) is 0.505. The summed E-state index contributed by atoms with van der Waals surface area (Å²) >= 11 is 7.67. The highest BCUT2D eigenvalue weighted by molar-refractivity contribution is 7.20. The standard InChI is InChI=1S/C12H8ClN3S/c1-7-9(8-4-2-3-5-14-8)10-11(17-7)12(13)16-6-15-10/h2-6H,1H3. The summed E-state index contributed by atoms with van der Waals surface area (Å²) < 4.78 is 0.923. The number of nitrogens with zero attached hydrogens (tertiary/aromatic N) is 3. The third-order valence-electron chi connectivity index (χ3n) is 2.53. The molecule has 0 atom stereocenters. The quantitative estimate of drug-likeness (QED) is 0.627. The van der Waals surface area contributed by atoms with E-state index in [4.69, 9.17) is 11.6 Å². The van der Waals surface area contributed by atoms with Crippen molar-refractivity contribution in [2.45, 2.75) is 6.92 Å². The Bertz CT molecular complexity index is 679. The number of fused-ring (bicyclic) bond motifs is 1. The number of halogens is 1. The minimum absolute atomic E-state index is 0.505. The minimum atomic E-state index is 0.505. The minimum Gasteiger partial charge on any atom is -0.256 e. The summed E-state index contributed by atoms with van der Waals surface area (Å²) in [6.45, 7) is 2.05. The predicted octanol–water partition coefficient (Wildman–Crippen LogP) is 3.72. The molecule has 0 saturated carbocycles. The Morgan fingerprint density at radius 1 is 1.18 bits per heavy atom. The maximum Gasteiger partial charge on any atom is 0.150 e. The molecule has 0 bridgehead atoms. The van der Waals surface area contributed by atoms with Crippen LogP contribution >= 0.6 is 22.9 Å². The summed E-state index contributed by atoms with van der Waals surface area (Å²) in [6.07, 6.45) is 3.27. The molecule has 0 radical (unpaired) electrons. The molecule has 0 fully saturated rings. The van der Waals surface area contributed by atoms with Gasteiger partial charge in [-0.2, -0.15) is 0 Å². The van der Waals surface area contributed by atoms with Gasteiger partial charge >= 0.3 is 0 Å². The van der Waals surface area contributed by atoms with Crippen LogP contribution in [0.5, 0.6) is 0 Å². The topological polar surface area (TPSA) is 38.7 Å². The third kappa shape index (κ3) is 1.69. The molecule has 0 amide bonds. The summed E-state index contributed by atoms with van der Waals surface area (Å²) in [6, 6.07) is 5.84. The molecule has 0 unspecified atom stereocenters. The first kappa shape index (κ1) is 10.6. The fourth-order valence-electron chi connectivity index (χ4n) is 1.80. The van der Waals surface area contributed by atoms with Gasteiger partial charge in [0.15, 0.2) is 0 Å². The Hall–Kier alpha value is -1.52. The van der Waals surface area contributed by atoms with E-state index in [0.29, 0.717) is 5.15 Å². The molecular formula is C12H8ClN3S. The van der Waals surface area contributed by atoms with E-state index >= 15 is 0 Å². The smallest absolute Gasteiger partial charge is 0.150 e. The van der Waals surface area contributed by atoms with Crippen LogP contribution < -0.4 is 0 Å². The average Bonchev–Trinajstić information content (AvgIpc) is 2.68. The normalized spacial score (nSPS) is 10.9. The number of rotatable bonds is 1. The van der Waals surface area contributed by atoms with E-state index < -0.39 is 0 Å². The largest absolute Gasteiger partial charge is 0.256 e. The highest BCUT2D eigenvalue weighted by Crippen LogP contribution is 2.38. The maximum atomic E-state index is 6.07. The van der Waals surface area contributed by atoms with Crippen LogP contribution in [-0.4, -0.2) is 15.0 Å². The zero-order valence-electron chi connectivity index (χ0n) is 9.01. The van der Waals surface area contributed by atoms with E-state index in [1.54, 1.807) is 17.5 Å². The molecule has 3 aromatic rings. The molecule has 0 saturated heterocycles. The van der Waals surface area contributed by atoms with Crippen LogP contribution in [-0.2, 0) is 0 Å². The molecule has 0 aliphatic heterocycles. The van der Waals surface area contributed by atoms with Crippen LogP contribution in [0.4, 0.5) is 0 Å². The van der Waals surface area contributed by atoms with Crippen molar-refractivity contribution < 1.29 is 0 Å². The molecule has 3 heterocycles. The number of hydrogen-bond acceptors (Lipinski definition) is 4. The van der Waals surface area contributed by atoms with Crippen molar-refractivity contribution in [2.75, 3.05) is 0 Å². The van der Waals surface area contributed by atoms with Crippen LogP contribution in [0.1, 0.15) is 4.88 Å². The van der Waals surface area contributed by atoms with Crippen molar-refractivity contribution in [1.29, 1.82) is 0 Å². The van der Waals surface area contributed by atoms with Crippen molar-refractivity contribution in [2.24, 2.45) is 0 Å². The zero-order valence-corrected chi connectivity index (χ0v) is 10.6. The van der Waals surface area contributed by atoms with E-state index in [0.717, 1.165) is 26.4 Å². The van der Waals surface area contributed by atoms with Crippen molar-refractivity contribution in [3.8, 4) is 11.3 Å². The monoisotopic (exact) mass is 261 g/mol. The molecule has 0 aliphatic rings. The number of aromatic nitrogens is 3. The predicted molar refractivity (Wildman–Crippen MR) is 70.4 cm³/mol. The van der Waals surface area contributed by atoms with Crippen molar-refractivity contribution in [3.05, 3.63) is 40.8 Å². The van der Waals surface area contributed by atoms with Gasteiger partial charge in [0, 0.05) is 16.6 Å². The molecule has 0 aromatic carbocycles. The molecule has 0 aliphatic carbocycles. The fourth-order valence-corrected chi connectivity index (χ4v) is 3.05. The highest BCUT2D eigenvalue weighted by Gasteiger charge is 2.15. The second-order valence-corrected chi connectivity index (χ2v) is 5.17. The van der Waals surface area contributed by atoms with Crippen LogP contribution in [0.25, 0.3) is 21.5 Å². The molecule has 84 valence electrons. The van der Waals surface area contributed by atoms with Gasteiger partial charge in [0.2, 0.25) is 0 Å².